The first kappa shape index (κ1) is 20.1. The van der Waals surface area contributed by atoms with Gasteiger partial charge in [-0.25, -0.2) is 0 Å². The molecule has 0 spiro atoms. The van der Waals surface area contributed by atoms with Crippen LogP contribution in [0.25, 0.3) is 0 Å². The van der Waals surface area contributed by atoms with Crippen molar-refractivity contribution in [2.75, 3.05) is 11.9 Å². The number of rotatable bonds is 8. The Hall–Kier alpha value is -2.25. The maximum Gasteiger partial charge on any atom is 0.307 e. The van der Waals surface area contributed by atoms with Gasteiger partial charge in [-0.2, -0.15) is 0 Å². The standard InChI is InChI=1S/C18H17BrClNO5/c19-12-4-6-16(13(20)10-12)26-7-1-2-17(23)21-14-8-11(9-18(24)25)3-5-15(14)22/h3-6,8,10,22H,1-2,7,9H2,(H,21,23)(H,24,25). The second-order valence-electron chi connectivity index (χ2n) is 5.50. The van der Waals surface area contributed by atoms with Gasteiger partial charge < -0.3 is 20.3 Å². The maximum absolute atomic E-state index is 12.0. The van der Waals surface area contributed by atoms with Crippen molar-refractivity contribution in [2.24, 2.45) is 0 Å². The molecule has 0 atom stereocenters. The van der Waals surface area contributed by atoms with E-state index >= 15 is 0 Å². The lowest BCUT2D eigenvalue weighted by Crippen LogP contribution is -2.13. The lowest BCUT2D eigenvalue weighted by molar-refractivity contribution is -0.136. The molecule has 0 bridgehead atoms. The summed E-state index contributed by atoms with van der Waals surface area (Å²) in [4.78, 5) is 22.7. The molecule has 3 N–H and O–H groups in total. The van der Waals surface area contributed by atoms with Gasteiger partial charge in [0.25, 0.3) is 0 Å². The highest BCUT2D eigenvalue weighted by molar-refractivity contribution is 9.10. The average Bonchev–Trinajstić information content (AvgIpc) is 2.56. The van der Waals surface area contributed by atoms with Crippen molar-refractivity contribution >= 4 is 45.1 Å². The Morgan fingerprint density at radius 2 is 1.96 bits per heavy atom. The van der Waals surface area contributed by atoms with E-state index in [4.69, 9.17) is 21.4 Å². The first-order chi connectivity index (χ1) is 12.3. The third kappa shape index (κ3) is 6.24. The molecule has 0 heterocycles. The molecule has 0 aliphatic carbocycles. The van der Waals surface area contributed by atoms with Crippen LogP contribution < -0.4 is 10.1 Å². The second-order valence-corrected chi connectivity index (χ2v) is 6.82. The number of nitrogens with one attached hydrogen (secondary N) is 1. The highest BCUT2D eigenvalue weighted by Gasteiger charge is 2.10. The summed E-state index contributed by atoms with van der Waals surface area (Å²) in [5.74, 6) is -0.880. The predicted octanol–water partition coefficient (Wildman–Crippen LogP) is 4.23. The van der Waals surface area contributed by atoms with Gasteiger partial charge in [0.15, 0.2) is 0 Å². The van der Waals surface area contributed by atoms with Crippen molar-refractivity contribution in [3.63, 3.8) is 0 Å². The molecule has 2 aromatic rings. The van der Waals surface area contributed by atoms with Crippen LogP contribution in [0.1, 0.15) is 18.4 Å². The van der Waals surface area contributed by atoms with Gasteiger partial charge in [-0.05, 0) is 42.3 Å². The maximum atomic E-state index is 12.0. The molecule has 0 fully saturated rings. The average molecular weight is 443 g/mol. The molecule has 0 unspecified atom stereocenters. The van der Waals surface area contributed by atoms with E-state index < -0.39 is 5.97 Å². The molecule has 138 valence electrons. The molecule has 1 amide bonds. The molecule has 0 aromatic heterocycles. The minimum absolute atomic E-state index is 0.120. The fourth-order valence-corrected chi connectivity index (χ4v) is 2.92. The Labute approximate surface area is 163 Å². The zero-order chi connectivity index (χ0) is 19.1. The van der Waals surface area contributed by atoms with E-state index in [1.54, 1.807) is 18.2 Å². The summed E-state index contributed by atoms with van der Waals surface area (Å²) in [5, 5.41) is 21.6. The Bertz CT molecular complexity index is 812. The van der Waals surface area contributed by atoms with Crippen LogP contribution in [0.2, 0.25) is 5.02 Å². The first-order valence-corrected chi connectivity index (χ1v) is 8.93. The Morgan fingerprint density at radius 3 is 2.65 bits per heavy atom. The van der Waals surface area contributed by atoms with Gasteiger partial charge >= 0.3 is 5.97 Å². The van der Waals surface area contributed by atoms with E-state index in [0.29, 0.717) is 29.4 Å². The second kappa shape index (κ2) is 9.45. The molecule has 0 saturated carbocycles. The lowest BCUT2D eigenvalue weighted by Gasteiger charge is -2.10. The van der Waals surface area contributed by atoms with E-state index in [0.717, 1.165) is 4.47 Å². The van der Waals surface area contributed by atoms with Gasteiger partial charge in [0.1, 0.15) is 11.5 Å². The summed E-state index contributed by atoms with van der Waals surface area (Å²) < 4.78 is 6.38. The van der Waals surface area contributed by atoms with Gasteiger partial charge in [-0.3, -0.25) is 9.59 Å². The molecule has 6 nitrogen and oxygen atoms in total. The van der Waals surface area contributed by atoms with Gasteiger partial charge in [0.05, 0.1) is 23.7 Å². The number of phenolic OH excluding ortho intramolecular Hbond substituents is 1. The summed E-state index contributed by atoms with van der Waals surface area (Å²) in [6, 6.07) is 9.55. The summed E-state index contributed by atoms with van der Waals surface area (Å²) in [5.41, 5.74) is 0.671. The van der Waals surface area contributed by atoms with Crippen LogP contribution in [0.3, 0.4) is 0 Å². The monoisotopic (exact) mass is 441 g/mol. The minimum Gasteiger partial charge on any atom is -0.506 e. The third-order valence-electron chi connectivity index (χ3n) is 3.39. The number of carbonyl (C=O) groups excluding carboxylic acids is 1. The third-order valence-corrected chi connectivity index (χ3v) is 4.18. The number of halogens is 2. The van der Waals surface area contributed by atoms with E-state index in [1.807, 2.05) is 0 Å². The van der Waals surface area contributed by atoms with Crippen molar-refractivity contribution < 1.29 is 24.5 Å². The normalized spacial score (nSPS) is 10.4. The van der Waals surface area contributed by atoms with Gasteiger partial charge in [0, 0.05) is 10.9 Å². The van der Waals surface area contributed by atoms with Crippen molar-refractivity contribution in [3.05, 3.63) is 51.5 Å². The van der Waals surface area contributed by atoms with Crippen molar-refractivity contribution in [3.8, 4) is 11.5 Å². The van der Waals surface area contributed by atoms with Crippen LogP contribution in [-0.2, 0) is 16.0 Å². The van der Waals surface area contributed by atoms with Crippen LogP contribution in [0.4, 0.5) is 5.69 Å². The zero-order valence-electron chi connectivity index (χ0n) is 13.7. The molecule has 8 heteroatoms. The topological polar surface area (TPSA) is 95.9 Å². The number of carboxylic acid groups (broad SMARTS) is 1. The number of ether oxygens (including phenoxy) is 1. The molecule has 2 rings (SSSR count). The fourth-order valence-electron chi connectivity index (χ4n) is 2.19. The minimum atomic E-state index is -0.989. The van der Waals surface area contributed by atoms with E-state index in [1.165, 1.54) is 18.2 Å². The largest absolute Gasteiger partial charge is 0.506 e. The molecule has 2 aromatic carbocycles. The van der Waals surface area contributed by atoms with Crippen LogP contribution in [0, 0.1) is 0 Å². The summed E-state index contributed by atoms with van der Waals surface area (Å²) in [6.45, 7) is 0.305. The molecule has 0 aliphatic rings. The van der Waals surface area contributed by atoms with Gasteiger partial charge in [-0.1, -0.05) is 33.6 Å². The van der Waals surface area contributed by atoms with E-state index in [-0.39, 0.29) is 30.2 Å². The number of phenols is 1. The molecular weight excluding hydrogens is 426 g/mol. The first-order valence-electron chi connectivity index (χ1n) is 7.76. The Morgan fingerprint density at radius 1 is 1.19 bits per heavy atom. The highest BCUT2D eigenvalue weighted by atomic mass is 79.9. The summed E-state index contributed by atoms with van der Waals surface area (Å²) in [6.07, 6.45) is 0.440. The quantitative estimate of drug-likeness (QED) is 0.420. The van der Waals surface area contributed by atoms with Gasteiger partial charge in [0.2, 0.25) is 5.91 Å². The number of hydrogen-bond acceptors (Lipinski definition) is 4. The van der Waals surface area contributed by atoms with Crippen LogP contribution in [0.5, 0.6) is 11.5 Å². The molecular formula is C18H17BrClNO5. The lowest BCUT2D eigenvalue weighted by atomic mass is 10.1. The number of carbonyl (C=O) groups is 2. The van der Waals surface area contributed by atoms with Crippen molar-refractivity contribution in [2.45, 2.75) is 19.3 Å². The molecule has 0 radical (unpaired) electrons. The SMILES string of the molecule is O=C(O)Cc1ccc(O)c(NC(=O)CCCOc2ccc(Br)cc2Cl)c1. The number of aromatic hydroxyl groups is 1. The predicted molar refractivity (Wildman–Crippen MR) is 102 cm³/mol. The van der Waals surface area contributed by atoms with Gasteiger partial charge in [-0.15, -0.1) is 0 Å². The van der Waals surface area contributed by atoms with E-state index in [2.05, 4.69) is 21.2 Å². The molecule has 26 heavy (non-hydrogen) atoms. The van der Waals surface area contributed by atoms with Crippen molar-refractivity contribution in [1.82, 2.24) is 0 Å². The fraction of sp³-hybridized carbons (Fsp3) is 0.222. The Kier molecular flexibility index (Phi) is 7.29. The number of benzene rings is 2. The smallest absolute Gasteiger partial charge is 0.307 e. The molecule has 0 aliphatic heterocycles. The summed E-state index contributed by atoms with van der Waals surface area (Å²) >= 11 is 9.35. The summed E-state index contributed by atoms with van der Waals surface area (Å²) in [7, 11) is 0. The zero-order valence-corrected chi connectivity index (χ0v) is 16.0. The van der Waals surface area contributed by atoms with Crippen molar-refractivity contribution in [1.29, 1.82) is 0 Å². The number of aliphatic carboxylic acids is 1. The number of anilines is 1. The number of carboxylic acids is 1. The number of amides is 1. The Balaban J connectivity index is 1.82. The number of hydrogen-bond donors (Lipinski definition) is 3. The van der Waals surface area contributed by atoms with Crippen LogP contribution in [-0.4, -0.2) is 28.7 Å². The van der Waals surface area contributed by atoms with Crippen LogP contribution >= 0.6 is 27.5 Å². The molecule has 0 saturated heterocycles. The van der Waals surface area contributed by atoms with E-state index in [9.17, 15) is 14.7 Å². The highest BCUT2D eigenvalue weighted by Crippen LogP contribution is 2.28. The van der Waals surface area contributed by atoms with Crippen LogP contribution in [0.15, 0.2) is 40.9 Å².